The zero-order chi connectivity index (χ0) is 23.7. The lowest BCUT2D eigenvalue weighted by atomic mass is 10.0. The molecule has 0 radical (unpaired) electrons. The summed E-state index contributed by atoms with van der Waals surface area (Å²) in [4.78, 5) is 33.7. The summed E-state index contributed by atoms with van der Waals surface area (Å²) in [6.07, 6.45) is 2.73. The fourth-order valence-electron chi connectivity index (χ4n) is 4.54. The first-order valence-corrected chi connectivity index (χ1v) is 11.9. The van der Waals surface area contributed by atoms with Crippen molar-refractivity contribution < 1.29 is 4.74 Å². The Morgan fingerprint density at radius 1 is 1.18 bits per heavy atom. The van der Waals surface area contributed by atoms with Gasteiger partial charge in [0.25, 0.3) is 0 Å². The van der Waals surface area contributed by atoms with E-state index in [9.17, 15) is 4.79 Å². The Morgan fingerprint density at radius 3 is 2.79 bits per heavy atom. The molecule has 34 heavy (non-hydrogen) atoms. The van der Waals surface area contributed by atoms with Gasteiger partial charge >= 0.3 is 0 Å². The number of morpholine rings is 1. The van der Waals surface area contributed by atoms with Gasteiger partial charge in [-0.3, -0.25) is 9.69 Å². The van der Waals surface area contributed by atoms with Gasteiger partial charge in [-0.2, -0.15) is 0 Å². The van der Waals surface area contributed by atoms with Crippen molar-refractivity contribution >= 4 is 17.5 Å². The predicted molar refractivity (Wildman–Crippen MR) is 132 cm³/mol. The Morgan fingerprint density at radius 2 is 2.06 bits per heavy atom. The lowest BCUT2D eigenvalue weighted by Crippen LogP contribution is -2.45. The number of anilines is 3. The number of aromatic amines is 1. The SMILES string of the molecule is CC(C)N1CCc2c(nc(-c3ccc(Nc4cccc(=O)[nH]4)nc3)nc2N2CCOC[C@@H]2C)C1. The average Bonchev–Trinajstić information content (AvgIpc) is 2.84. The molecule has 9 nitrogen and oxygen atoms in total. The first-order chi connectivity index (χ1) is 16.5. The molecule has 1 saturated heterocycles. The maximum absolute atomic E-state index is 11.5. The second kappa shape index (κ2) is 9.52. The fourth-order valence-corrected chi connectivity index (χ4v) is 4.54. The van der Waals surface area contributed by atoms with Crippen LogP contribution in [0.2, 0.25) is 0 Å². The van der Waals surface area contributed by atoms with E-state index in [1.54, 1.807) is 18.3 Å². The molecule has 0 aromatic carbocycles. The average molecular weight is 462 g/mol. The molecule has 0 unspecified atom stereocenters. The van der Waals surface area contributed by atoms with Crippen molar-refractivity contribution in [1.82, 2.24) is 24.8 Å². The lowest BCUT2D eigenvalue weighted by Gasteiger charge is -2.38. The Bertz CT molecular complexity index is 1210. The van der Waals surface area contributed by atoms with E-state index in [0.717, 1.165) is 43.1 Å². The Balaban J connectivity index is 1.49. The van der Waals surface area contributed by atoms with Gasteiger partial charge in [0.05, 0.1) is 24.9 Å². The molecule has 2 aliphatic rings. The number of hydrogen-bond acceptors (Lipinski definition) is 8. The molecule has 3 aromatic heterocycles. The van der Waals surface area contributed by atoms with Crippen LogP contribution >= 0.6 is 0 Å². The smallest absolute Gasteiger partial charge is 0.249 e. The van der Waals surface area contributed by atoms with E-state index >= 15 is 0 Å². The number of fused-ring (bicyclic) bond motifs is 1. The minimum Gasteiger partial charge on any atom is -0.377 e. The summed E-state index contributed by atoms with van der Waals surface area (Å²) in [6.45, 7) is 10.7. The normalized spacial score (nSPS) is 18.7. The van der Waals surface area contributed by atoms with E-state index in [-0.39, 0.29) is 11.6 Å². The van der Waals surface area contributed by atoms with Crippen LogP contribution in [-0.2, 0) is 17.7 Å². The number of rotatable bonds is 5. The second-order valence-electron chi connectivity index (χ2n) is 9.21. The Labute approximate surface area is 199 Å². The largest absolute Gasteiger partial charge is 0.377 e. The third kappa shape index (κ3) is 4.67. The summed E-state index contributed by atoms with van der Waals surface area (Å²) >= 11 is 0. The van der Waals surface area contributed by atoms with Gasteiger partial charge in [-0.05, 0) is 45.4 Å². The maximum Gasteiger partial charge on any atom is 0.249 e. The van der Waals surface area contributed by atoms with E-state index in [4.69, 9.17) is 14.7 Å². The molecule has 9 heteroatoms. The third-order valence-electron chi connectivity index (χ3n) is 6.50. The summed E-state index contributed by atoms with van der Waals surface area (Å²) in [7, 11) is 0. The van der Waals surface area contributed by atoms with Crippen LogP contribution in [-0.4, -0.2) is 63.2 Å². The molecular formula is C25H31N7O2. The van der Waals surface area contributed by atoms with Crippen molar-refractivity contribution in [2.45, 2.75) is 45.8 Å². The molecule has 2 N–H and O–H groups in total. The molecule has 2 aliphatic heterocycles. The summed E-state index contributed by atoms with van der Waals surface area (Å²) in [5.41, 5.74) is 3.06. The molecule has 0 aliphatic carbocycles. The van der Waals surface area contributed by atoms with Crippen LogP contribution in [0.25, 0.3) is 11.4 Å². The van der Waals surface area contributed by atoms with Crippen molar-refractivity contribution in [3.8, 4) is 11.4 Å². The number of pyridine rings is 2. The third-order valence-corrected chi connectivity index (χ3v) is 6.50. The molecule has 0 spiro atoms. The van der Waals surface area contributed by atoms with Crippen molar-refractivity contribution in [2.75, 3.05) is 36.5 Å². The van der Waals surface area contributed by atoms with Gasteiger partial charge in [-0.1, -0.05) is 6.07 Å². The Kier molecular flexibility index (Phi) is 6.30. The summed E-state index contributed by atoms with van der Waals surface area (Å²) in [5.74, 6) is 2.94. The highest BCUT2D eigenvalue weighted by Gasteiger charge is 2.29. The van der Waals surface area contributed by atoms with Crippen LogP contribution in [0.3, 0.4) is 0 Å². The number of aromatic nitrogens is 4. The van der Waals surface area contributed by atoms with Gasteiger partial charge in [-0.15, -0.1) is 0 Å². The molecule has 5 rings (SSSR count). The van der Waals surface area contributed by atoms with E-state index in [1.165, 1.54) is 11.6 Å². The molecule has 5 heterocycles. The first-order valence-electron chi connectivity index (χ1n) is 11.9. The van der Waals surface area contributed by atoms with Crippen molar-refractivity contribution in [3.63, 3.8) is 0 Å². The van der Waals surface area contributed by atoms with Crippen molar-refractivity contribution in [2.24, 2.45) is 0 Å². The fraction of sp³-hybridized carbons (Fsp3) is 0.440. The second-order valence-corrected chi connectivity index (χ2v) is 9.21. The standard InChI is InChI=1S/C25H31N7O2/c1-16(2)31-10-9-19-20(14-31)27-24(30-25(19)32-11-12-34-15-17(32)3)18-7-8-21(26-13-18)28-22-5-4-6-23(33)29-22/h4-8,13,16-17H,9-12,14-15H2,1-3H3,(H2,26,28,29,33)/t17-/m0/s1. The summed E-state index contributed by atoms with van der Waals surface area (Å²) < 4.78 is 5.68. The van der Waals surface area contributed by atoms with E-state index in [2.05, 4.69) is 45.9 Å². The molecule has 1 fully saturated rings. The number of nitrogens with one attached hydrogen (secondary N) is 2. The highest BCUT2D eigenvalue weighted by atomic mass is 16.5. The van der Waals surface area contributed by atoms with Gasteiger partial charge < -0.3 is 19.9 Å². The van der Waals surface area contributed by atoms with Gasteiger partial charge in [0.1, 0.15) is 17.5 Å². The molecule has 3 aromatic rings. The minimum absolute atomic E-state index is 0.163. The zero-order valence-corrected chi connectivity index (χ0v) is 19.9. The van der Waals surface area contributed by atoms with Crippen LogP contribution in [0.15, 0.2) is 41.3 Å². The van der Waals surface area contributed by atoms with Crippen molar-refractivity contribution in [3.05, 3.63) is 58.1 Å². The van der Waals surface area contributed by atoms with Crippen LogP contribution in [0, 0.1) is 0 Å². The number of nitrogens with zero attached hydrogens (tertiary/aromatic N) is 5. The highest BCUT2D eigenvalue weighted by Crippen LogP contribution is 2.32. The molecule has 0 bridgehead atoms. The van der Waals surface area contributed by atoms with Crippen LogP contribution < -0.4 is 15.8 Å². The van der Waals surface area contributed by atoms with Gasteiger partial charge in [0.2, 0.25) is 5.56 Å². The van der Waals surface area contributed by atoms with Crippen molar-refractivity contribution in [1.29, 1.82) is 0 Å². The minimum atomic E-state index is -0.163. The van der Waals surface area contributed by atoms with Gasteiger partial charge in [0, 0.05) is 49.1 Å². The van der Waals surface area contributed by atoms with Crippen LogP contribution in [0.5, 0.6) is 0 Å². The molecule has 0 saturated carbocycles. The molecule has 1 atom stereocenters. The van der Waals surface area contributed by atoms with Crippen LogP contribution in [0.4, 0.5) is 17.5 Å². The Hall–Kier alpha value is -3.30. The first kappa shape index (κ1) is 22.5. The number of ether oxygens (including phenoxy) is 1. The molecule has 0 amide bonds. The topological polar surface area (TPSA) is 99.3 Å². The van der Waals surface area contributed by atoms with Gasteiger partial charge in [0.15, 0.2) is 5.82 Å². The lowest BCUT2D eigenvalue weighted by molar-refractivity contribution is 0.0983. The summed E-state index contributed by atoms with van der Waals surface area (Å²) in [6, 6.07) is 9.54. The molecule has 178 valence electrons. The summed E-state index contributed by atoms with van der Waals surface area (Å²) in [5, 5.41) is 3.12. The van der Waals surface area contributed by atoms with E-state index in [1.807, 2.05) is 12.1 Å². The highest BCUT2D eigenvalue weighted by molar-refractivity contribution is 5.63. The zero-order valence-electron chi connectivity index (χ0n) is 19.9. The maximum atomic E-state index is 11.5. The predicted octanol–water partition coefficient (Wildman–Crippen LogP) is 2.96. The quantitative estimate of drug-likeness (QED) is 0.598. The van der Waals surface area contributed by atoms with Crippen LogP contribution in [0.1, 0.15) is 32.0 Å². The number of H-pyrrole nitrogens is 1. The number of hydrogen-bond donors (Lipinski definition) is 2. The van der Waals surface area contributed by atoms with Gasteiger partial charge in [-0.25, -0.2) is 15.0 Å². The monoisotopic (exact) mass is 461 g/mol. The van der Waals surface area contributed by atoms with E-state index < -0.39 is 0 Å². The molecular weight excluding hydrogens is 430 g/mol. The van der Waals surface area contributed by atoms with E-state index in [0.29, 0.717) is 36.7 Å².